The molecule has 0 aliphatic heterocycles. The fourth-order valence-corrected chi connectivity index (χ4v) is 3.37. The van der Waals surface area contributed by atoms with Gasteiger partial charge in [-0.15, -0.1) is 0 Å². The van der Waals surface area contributed by atoms with Gasteiger partial charge in [0.25, 0.3) is 5.91 Å². The van der Waals surface area contributed by atoms with Gasteiger partial charge in [-0.2, -0.15) is 0 Å². The number of carbonyl (C=O) groups excluding carboxylic acids is 1. The lowest BCUT2D eigenvalue weighted by molar-refractivity contribution is -0.132. The minimum atomic E-state index is -1.22. The molecule has 0 unspecified atom stereocenters. The van der Waals surface area contributed by atoms with Gasteiger partial charge in [-0.1, -0.05) is 49.7 Å². The van der Waals surface area contributed by atoms with Crippen LogP contribution in [0.5, 0.6) is 11.5 Å². The number of benzene rings is 3. The summed E-state index contributed by atoms with van der Waals surface area (Å²) in [6, 6.07) is 21.7. The van der Waals surface area contributed by atoms with Gasteiger partial charge < -0.3 is 15.2 Å². The predicted molar refractivity (Wildman–Crippen MR) is 129 cm³/mol. The number of rotatable bonds is 9. The Morgan fingerprint density at radius 2 is 1.69 bits per heavy atom. The van der Waals surface area contributed by atoms with Crippen molar-refractivity contribution in [3.63, 3.8) is 0 Å². The van der Waals surface area contributed by atoms with Crippen LogP contribution in [-0.4, -0.2) is 17.0 Å². The van der Waals surface area contributed by atoms with E-state index in [4.69, 9.17) is 4.74 Å². The number of unbranched alkanes of at least 4 members (excludes halogenated alkanes) is 1. The van der Waals surface area contributed by atoms with E-state index in [1.54, 1.807) is 36.4 Å². The molecule has 6 heteroatoms. The van der Waals surface area contributed by atoms with Gasteiger partial charge >= 0.3 is 5.97 Å². The number of aryl methyl sites for hydroxylation is 1. The lowest BCUT2D eigenvalue weighted by atomic mass is 10.1. The summed E-state index contributed by atoms with van der Waals surface area (Å²) in [6.07, 6.45) is 4.56. The highest BCUT2D eigenvalue weighted by molar-refractivity contribution is 9.10. The molecule has 0 bridgehead atoms. The van der Waals surface area contributed by atoms with E-state index in [0.29, 0.717) is 22.6 Å². The van der Waals surface area contributed by atoms with E-state index < -0.39 is 11.9 Å². The molecule has 5 nitrogen and oxygen atoms in total. The Balaban J connectivity index is 1.69. The fourth-order valence-electron chi connectivity index (χ4n) is 3.00. The van der Waals surface area contributed by atoms with Crippen LogP contribution in [0.15, 0.2) is 83.0 Å². The predicted octanol–water partition coefficient (Wildman–Crippen LogP) is 6.44. The Kier molecular flexibility index (Phi) is 8.22. The maximum absolute atomic E-state index is 12.5. The SMILES string of the molecule is CCCCc1ccc(C(=O)N/C(=C\c2ccc(Oc3ccccc3Br)cc2)C(=O)O)cc1. The molecule has 0 saturated heterocycles. The van der Waals surface area contributed by atoms with Crippen LogP contribution in [-0.2, 0) is 11.2 Å². The van der Waals surface area contributed by atoms with Crippen molar-refractivity contribution in [2.45, 2.75) is 26.2 Å². The van der Waals surface area contributed by atoms with Crippen molar-refractivity contribution in [1.29, 1.82) is 0 Å². The number of para-hydroxylation sites is 1. The standard InChI is InChI=1S/C26H24BrNO4/c1-2-3-6-18-9-13-20(14-10-18)25(29)28-23(26(30)31)17-19-11-15-21(16-12-19)32-24-8-5-4-7-22(24)27/h4-5,7-17H,2-3,6H2,1H3,(H,28,29)(H,30,31)/b23-17-. The zero-order chi connectivity index (χ0) is 22.9. The second-order valence-corrected chi connectivity index (χ2v) is 8.07. The van der Waals surface area contributed by atoms with Gasteiger partial charge in [-0.05, 0) is 82.4 Å². The molecule has 3 aromatic carbocycles. The third kappa shape index (κ3) is 6.56. The first-order valence-electron chi connectivity index (χ1n) is 10.3. The van der Waals surface area contributed by atoms with E-state index in [1.807, 2.05) is 36.4 Å². The van der Waals surface area contributed by atoms with E-state index in [2.05, 4.69) is 28.2 Å². The smallest absolute Gasteiger partial charge is 0.352 e. The normalized spacial score (nSPS) is 11.1. The molecule has 0 aliphatic rings. The summed E-state index contributed by atoms with van der Waals surface area (Å²) in [7, 11) is 0. The van der Waals surface area contributed by atoms with Crippen molar-refractivity contribution < 1.29 is 19.4 Å². The van der Waals surface area contributed by atoms with Gasteiger partial charge in [-0.25, -0.2) is 4.79 Å². The van der Waals surface area contributed by atoms with Gasteiger partial charge in [0.05, 0.1) is 4.47 Å². The highest BCUT2D eigenvalue weighted by Crippen LogP contribution is 2.29. The van der Waals surface area contributed by atoms with Crippen molar-refractivity contribution in [2.75, 3.05) is 0 Å². The zero-order valence-corrected chi connectivity index (χ0v) is 19.3. The van der Waals surface area contributed by atoms with Gasteiger partial charge in [0.1, 0.15) is 17.2 Å². The number of carboxylic acid groups (broad SMARTS) is 1. The molecule has 0 spiro atoms. The van der Waals surface area contributed by atoms with Crippen molar-refractivity contribution >= 4 is 33.9 Å². The molecule has 0 fully saturated rings. The molecule has 0 atom stereocenters. The average molecular weight is 494 g/mol. The number of aliphatic carboxylic acids is 1. The monoisotopic (exact) mass is 493 g/mol. The van der Waals surface area contributed by atoms with Gasteiger partial charge in [-0.3, -0.25) is 4.79 Å². The highest BCUT2D eigenvalue weighted by Gasteiger charge is 2.13. The lowest BCUT2D eigenvalue weighted by Gasteiger charge is -2.09. The maximum Gasteiger partial charge on any atom is 0.352 e. The number of nitrogens with one attached hydrogen (secondary N) is 1. The minimum absolute atomic E-state index is 0.204. The molecule has 0 aromatic heterocycles. The van der Waals surface area contributed by atoms with Crippen LogP contribution in [0, 0.1) is 0 Å². The van der Waals surface area contributed by atoms with Gasteiger partial charge in [0.15, 0.2) is 0 Å². The van der Waals surface area contributed by atoms with E-state index >= 15 is 0 Å². The first-order valence-corrected chi connectivity index (χ1v) is 11.1. The quantitative estimate of drug-likeness (QED) is 0.336. The summed E-state index contributed by atoms with van der Waals surface area (Å²) in [5, 5.41) is 12.0. The second kappa shape index (κ2) is 11.3. The van der Waals surface area contributed by atoms with Crippen LogP contribution in [0.1, 0.15) is 41.3 Å². The number of carboxylic acids is 1. The van der Waals surface area contributed by atoms with E-state index in [-0.39, 0.29) is 5.70 Å². The summed E-state index contributed by atoms with van der Waals surface area (Å²) in [4.78, 5) is 24.2. The Hall–Kier alpha value is -3.38. The molecule has 2 N–H and O–H groups in total. The van der Waals surface area contributed by atoms with Gasteiger partial charge in [0, 0.05) is 5.56 Å². The molecule has 0 saturated carbocycles. The Morgan fingerprint density at radius 1 is 1.00 bits per heavy atom. The molecule has 3 rings (SSSR count). The summed E-state index contributed by atoms with van der Waals surface area (Å²) in [5.74, 6) is -0.394. The van der Waals surface area contributed by atoms with Crippen LogP contribution in [0.4, 0.5) is 0 Å². The molecule has 3 aromatic rings. The van der Waals surface area contributed by atoms with Crippen LogP contribution >= 0.6 is 15.9 Å². The molecule has 0 radical (unpaired) electrons. The van der Waals surface area contributed by atoms with E-state index in [0.717, 1.165) is 29.3 Å². The van der Waals surface area contributed by atoms with Crippen LogP contribution < -0.4 is 10.1 Å². The summed E-state index contributed by atoms with van der Waals surface area (Å²) in [6.45, 7) is 2.13. The zero-order valence-electron chi connectivity index (χ0n) is 17.7. The minimum Gasteiger partial charge on any atom is -0.477 e. The molecular weight excluding hydrogens is 470 g/mol. The van der Waals surface area contributed by atoms with E-state index in [1.165, 1.54) is 6.08 Å². The average Bonchev–Trinajstić information content (AvgIpc) is 2.80. The van der Waals surface area contributed by atoms with Gasteiger partial charge in [0.2, 0.25) is 0 Å². The highest BCUT2D eigenvalue weighted by atomic mass is 79.9. The number of halogens is 1. The summed E-state index contributed by atoms with van der Waals surface area (Å²) < 4.78 is 6.65. The van der Waals surface area contributed by atoms with Crippen LogP contribution in [0.25, 0.3) is 6.08 Å². The molecular formula is C26H24BrNO4. The van der Waals surface area contributed by atoms with Crippen molar-refractivity contribution in [3.8, 4) is 11.5 Å². The largest absolute Gasteiger partial charge is 0.477 e. The third-order valence-corrected chi connectivity index (χ3v) is 5.42. The molecule has 32 heavy (non-hydrogen) atoms. The first-order chi connectivity index (χ1) is 15.5. The Morgan fingerprint density at radius 3 is 2.31 bits per heavy atom. The van der Waals surface area contributed by atoms with Crippen LogP contribution in [0.2, 0.25) is 0 Å². The number of hydrogen-bond acceptors (Lipinski definition) is 3. The summed E-state index contributed by atoms with van der Waals surface area (Å²) in [5.41, 5.74) is 1.98. The van der Waals surface area contributed by atoms with Crippen LogP contribution in [0.3, 0.4) is 0 Å². The molecule has 0 aliphatic carbocycles. The number of ether oxygens (including phenoxy) is 1. The number of amides is 1. The topological polar surface area (TPSA) is 75.6 Å². The number of hydrogen-bond donors (Lipinski definition) is 2. The first kappa shape index (κ1) is 23.3. The molecule has 0 heterocycles. The Labute approximate surface area is 195 Å². The lowest BCUT2D eigenvalue weighted by Crippen LogP contribution is -2.27. The molecule has 164 valence electrons. The molecule has 1 amide bonds. The maximum atomic E-state index is 12.5. The van der Waals surface area contributed by atoms with Crippen molar-refractivity contribution in [2.24, 2.45) is 0 Å². The van der Waals surface area contributed by atoms with Crippen molar-refractivity contribution in [3.05, 3.63) is 99.7 Å². The second-order valence-electron chi connectivity index (χ2n) is 7.22. The summed E-state index contributed by atoms with van der Waals surface area (Å²) >= 11 is 3.43. The third-order valence-electron chi connectivity index (χ3n) is 4.77. The fraction of sp³-hybridized carbons (Fsp3) is 0.154. The van der Waals surface area contributed by atoms with Crippen molar-refractivity contribution in [1.82, 2.24) is 5.32 Å². The Bertz CT molecular complexity index is 1110. The number of carbonyl (C=O) groups is 2. The van der Waals surface area contributed by atoms with E-state index in [9.17, 15) is 14.7 Å².